The van der Waals surface area contributed by atoms with E-state index in [2.05, 4.69) is 33.3 Å². The summed E-state index contributed by atoms with van der Waals surface area (Å²) in [6.07, 6.45) is 2.64. The first-order valence-corrected chi connectivity index (χ1v) is 9.21. The highest BCUT2D eigenvalue weighted by molar-refractivity contribution is 9.10. The number of hydrogen-bond acceptors (Lipinski definition) is 3. The Balaban J connectivity index is 1.56. The van der Waals surface area contributed by atoms with Gasteiger partial charge in [0.15, 0.2) is 6.61 Å². The van der Waals surface area contributed by atoms with Crippen LogP contribution in [0.25, 0.3) is 0 Å². The van der Waals surface area contributed by atoms with Gasteiger partial charge >= 0.3 is 0 Å². The van der Waals surface area contributed by atoms with Crippen LogP contribution in [-0.4, -0.2) is 22.3 Å². The number of aromatic nitrogens is 2. The first kappa shape index (κ1) is 18.2. The van der Waals surface area contributed by atoms with Crippen molar-refractivity contribution in [1.82, 2.24) is 9.78 Å². The number of rotatable bonds is 7. The van der Waals surface area contributed by atoms with Gasteiger partial charge in [0.05, 0.1) is 12.7 Å². The van der Waals surface area contributed by atoms with Gasteiger partial charge in [0, 0.05) is 10.5 Å². The Labute approximate surface area is 161 Å². The number of benzene rings is 2. The average Bonchev–Trinajstić information content (AvgIpc) is 3.09. The Kier molecular flexibility index (Phi) is 6.07. The summed E-state index contributed by atoms with van der Waals surface area (Å²) in [5.41, 5.74) is 2.33. The summed E-state index contributed by atoms with van der Waals surface area (Å²) in [7, 11) is 0. The van der Waals surface area contributed by atoms with Crippen molar-refractivity contribution in [2.45, 2.75) is 19.9 Å². The molecule has 3 aromatic rings. The van der Waals surface area contributed by atoms with Crippen LogP contribution in [0.1, 0.15) is 18.1 Å². The molecule has 1 heterocycles. The molecule has 134 valence electrons. The first-order chi connectivity index (χ1) is 12.6. The van der Waals surface area contributed by atoms with Gasteiger partial charge < -0.3 is 10.1 Å². The van der Waals surface area contributed by atoms with Crippen molar-refractivity contribution in [2.75, 3.05) is 11.9 Å². The Morgan fingerprint density at radius 1 is 1.08 bits per heavy atom. The van der Waals surface area contributed by atoms with E-state index in [-0.39, 0.29) is 12.5 Å². The van der Waals surface area contributed by atoms with Crippen molar-refractivity contribution in [3.63, 3.8) is 0 Å². The van der Waals surface area contributed by atoms with Crippen LogP contribution in [0.2, 0.25) is 0 Å². The number of anilines is 1. The number of amides is 1. The molecule has 0 saturated heterocycles. The van der Waals surface area contributed by atoms with Crippen LogP contribution >= 0.6 is 15.9 Å². The fourth-order valence-electron chi connectivity index (χ4n) is 2.48. The van der Waals surface area contributed by atoms with E-state index in [1.807, 2.05) is 48.5 Å². The zero-order valence-corrected chi connectivity index (χ0v) is 16.1. The number of hydrogen-bond donors (Lipinski definition) is 1. The normalized spacial score (nSPS) is 10.5. The molecule has 1 aromatic heterocycles. The van der Waals surface area contributed by atoms with E-state index in [4.69, 9.17) is 4.74 Å². The molecular formula is C20H20BrN3O2. The molecule has 5 nitrogen and oxygen atoms in total. The van der Waals surface area contributed by atoms with Gasteiger partial charge in [-0.05, 0) is 41.8 Å². The molecule has 0 saturated carbocycles. The largest absolute Gasteiger partial charge is 0.484 e. The molecule has 1 amide bonds. The lowest BCUT2D eigenvalue weighted by molar-refractivity contribution is -0.118. The Morgan fingerprint density at radius 2 is 1.77 bits per heavy atom. The predicted molar refractivity (Wildman–Crippen MR) is 105 cm³/mol. The molecule has 0 aliphatic rings. The third-order valence-corrected chi connectivity index (χ3v) is 4.46. The number of aryl methyl sites for hydroxylation is 1. The van der Waals surface area contributed by atoms with Gasteiger partial charge in [-0.15, -0.1) is 0 Å². The van der Waals surface area contributed by atoms with Gasteiger partial charge in [-0.1, -0.05) is 47.1 Å². The lowest BCUT2D eigenvalue weighted by atomic mass is 10.2. The zero-order valence-electron chi connectivity index (χ0n) is 14.5. The number of nitrogens with one attached hydrogen (secondary N) is 1. The maximum absolute atomic E-state index is 12.2. The molecule has 0 atom stereocenters. The average molecular weight is 414 g/mol. The summed E-state index contributed by atoms with van der Waals surface area (Å²) in [6.45, 7) is 2.63. The number of halogens is 1. The molecule has 2 aromatic carbocycles. The van der Waals surface area contributed by atoms with E-state index in [1.54, 1.807) is 16.9 Å². The molecule has 3 rings (SSSR count). The van der Waals surface area contributed by atoms with E-state index in [0.717, 1.165) is 16.5 Å². The lowest BCUT2D eigenvalue weighted by Crippen LogP contribution is -2.22. The van der Waals surface area contributed by atoms with Gasteiger partial charge in [-0.3, -0.25) is 4.79 Å². The SMILES string of the molecule is CCc1ccc(OCC(=O)Nc2ccnn2Cc2ccc(Br)cc2)cc1. The van der Waals surface area contributed by atoms with Crippen LogP contribution in [0.3, 0.4) is 0 Å². The van der Waals surface area contributed by atoms with Crippen LogP contribution in [0.5, 0.6) is 5.75 Å². The minimum Gasteiger partial charge on any atom is -0.484 e. The monoisotopic (exact) mass is 413 g/mol. The first-order valence-electron chi connectivity index (χ1n) is 8.42. The molecule has 1 N–H and O–H groups in total. The summed E-state index contributed by atoms with van der Waals surface area (Å²) in [5, 5.41) is 7.12. The molecular weight excluding hydrogens is 394 g/mol. The second kappa shape index (κ2) is 8.67. The van der Waals surface area contributed by atoms with Gasteiger partial charge in [0.2, 0.25) is 0 Å². The standard InChI is InChI=1S/C20H20BrN3O2/c1-2-15-5-9-18(10-6-15)26-14-20(25)23-19-11-12-22-24(19)13-16-3-7-17(21)8-4-16/h3-12H,2,13-14H2,1H3,(H,23,25). The van der Waals surface area contributed by atoms with Crippen molar-refractivity contribution in [3.8, 4) is 5.75 Å². The summed E-state index contributed by atoms with van der Waals surface area (Å²) in [6, 6.07) is 17.5. The third kappa shape index (κ3) is 4.95. The van der Waals surface area contributed by atoms with E-state index >= 15 is 0 Å². The van der Waals surface area contributed by atoms with Gasteiger partial charge in [0.1, 0.15) is 11.6 Å². The number of ether oxygens (including phenoxy) is 1. The fraction of sp³-hybridized carbons (Fsp3) is 0.200. The highest BCUT2D eigenvalue weighted by atomic mass is 79.9. The Bertz CT molecular complexity index is 858. The minimum absolute atomic E-state index is 0.0467. The summed E-state index contributed by atoms with van der Waals surface area (Å²) >= 11 is 3.42. The topological polar surface area (TPSA) is 56.1 Å². The van der Waals surface area contributed by atoms with E-state index in [9.17, 15) is 4.79 Å². The second-order valence-electron chi connectivity index (χ2n) is 5.83. The molecule has 0 aliphatic heterocycles. The maximum atomic E-state index is 12.2. The van der Waals surface area contributed by atoms with Gasteiger partial charge in [0.25, 0.3) is 5.91 Å². The van der Waals surface area contributed by atoms with E-state index < -0.39 is 0 Å². The molecule has 6 heteroatoms. The molecule has 26 heavy (non-hydrogen) atoms. The highest BCUT2D eigenvalue weighted by Crippen LogP contribution is 2.15. The molecule has 0 aliphatic carbocycles. The van der Waals surface area contributed by atoms with Crippen molar-refractivity contribution < 1.29 is 9.53 Å². The predicted octanol–water partition coefficient (Wildman–Crippen LogP) is 4.27. The van der Waals surface area contributed by atoms with Crippen molar-refractivity contribution in [3.05, 3.63) is 76.4 Å². The lowest BCUT2D eigenvalue weighted by Gasteiger charge is -2.10. The van der Waals surface area contributed by atoms with E-state index in [1.165, 1.54) is 5.56 Å². The van der Waals surface area contributed by atoms with Crippen LogP contribution in [0, 0.1) is 0 Å². The molecule has 0 bridgehead atoms. The van der Waals surface area contributed by atoms with Crippen molar-refractivity contribution >= 4 is 27.7 Å². The highest BCUT2D eigenvalue weighted by Gasteiger charge is 2.09. The number of carbonyl (C=O) groups excluding carboxylic acids is 1. The Morgan fingerprint density at radius 3 is 2.46 bits per heavy atom. The maximum Gasteiger partial charge on any atom is 0.263 e. The van der Waals surface area contributed by atoms with Gasteiger partial charge in [-0.25, -0.2) is 4.68 Å². The van der Waals surface area contributed by atoms with Crippen LogP contribution < -0.4 is 10.1 Å². The Hall–Kier alpha value is -2.60. The zero-order chi connectivity index (χ0) is 18.4. The fourth-order valence-corrected chi connectivity index (χ4v) is 2.74. The van der Waals surface area contributed by atoms with Crippen molar-refractivity contribution in [2.24, 2.45) is 0 Å². The van der Waals surface area contributed by atoms with Gasteiger partial charge in [-0.2, -0.15) is 5.10 Å². The quantitative estimate of drug-likeness (QED) is 0.628. The summed E-state index contributed by atoms with van der Waals surface area (Å²) < 4.78 is 8.31. The number of nitrogens with zero attached hydrogens (tertiary/aromatic N) is 2. The molecule has 0 unspecified atom stereocenters. The summed E-state index contributed by atoms with van der Waals surface area (Å²) in [5.74, 6) is 1.10. The smallest absolute Gasteiger partial charge is 0.263 e. The number of carbonyl (C=O) groups is 1. The molecule has 0 radical (unpaired) electrons. The third-order valence-electron chi connectivity index (χ3n) is 3.93. The van der Waals surface area contributed by atoms with Crippen LogP contribution in [0.15, 0.2) is 65.3 Å². The summed E-state index contributed by atoms with van der Waals surface area (Å²) in [4.78, 5) is 12.2. The van der Waals surface area contributed by atoms with Crippen LogP contribution in [0.4, 0.5) is 5.82 Å². The minimum atomic E-state index is -0.220. The van der Waals surface area contributed by atoms with Crippen LogP contribution in [-0.2, 0) is 17.8 Å². The van der Waals surface area contributed by atoms with Crippen molar-refractivity contribution in [1.29, 1.82) is 0 Å². The molecule has 0 fully saturated rings. The van der Waals surface area contributed by atoms with E-state index in [0.29, 0.717) is 18.1 Å². The second-order valence-corrected chi connectivity index (χ2v) is 6.75. The molecule has 0 spiro atoms.